The Kier molecular flexibility index (Phi) is 6.63. The van der Waals surface area contributed by atoms with Crippen molar-refractivity contribution in [2.24, 2.45) is 0 Å². The average Bonchev–Trinajstić information content (AvgIpc) is 2.37. The lowest BCUT2D eigenvalue weighted by molar-refractivity contribution is 0.397. The van der Waals surface area contributed by atoms with Crippen molar-refractivity contribution < 1.29 is 4.74 Å². The smallest absolute Gasteiger partial charge is 0.212 e. The molecule has 0 aliphatic heterocycles. The monoisotopic (exact) mass is 236 g/mol. The van der Waals surface area contributed by atoms with Crippen LogP contribution in [0.3, 0.4) is 0 Å². The Morgan fingerprint density at radius 3 is 2.71 bits per heavy atom. The summed E-state index contributed by atoms with van der Waals surface area (Å²) >= 11 is 0. The van der Waals surface area contributed by atoms with Gasteiger partial charge in [0.25, 0.3) is 0 Å². The average molecular weight is 236 g/mol. The molecule has 0 saturated heterocycles. The molecule has 0 aliphatic carbocycles. The first-order valence-corrected chi connectivity index (χ1v) is 6.52. The minimum absolute atomic E-state index is 0.565. The van der Waals surface area contributed by atoms with Crippen LogP contribution in [0.2, 0.25) is 0 Å². The van der Waals surface area contributed by atoms with Crippen molar-refractivity contribution in [3.63, 3.8) is 0 Å². The summed E-state index contributed by atoms with van der Waals surface area (Å²) in [5, 5.41) is 3.54. The van der Waals surface area contributed by atoms with E-state index in [1.807, 2.05) is 12.3 Å². The summed E-state index contributed by atoms with van der Waals surface area (Å²) in [5.41, 5.74) is 1.27. The highest BCUT2D eigenvalue weighted by molar-refractivity contribution is 5.18. The standard InChI is InChI=1S/C14H24N2O/c1-4-6-7-13(15-5-2)10-12-8-9-14(17-3)16-11-12/h8-9,11,13,15H,4-7,10H2,1-3H3. The number of likely N-dealkylation sites (N-methyl/N-ethyl adjacent to an activating group) is 1. The first-order valence-electron chi connectivity index (χ1n) is 6.52. The van der Waals surface area contributed by atoms with Crippen molar-refractivity contribution in [2.45, 2.75) is 45.6 Å². The Bertz CT molecular complexity index is 298. The van der Waals surface area contributed by atoms with E-state index in [-0.39, 0.29) is 0 Å². The number of aromatic nitrogens is 1. The number of methoxy groups -OCH3 is 1. The maximum atomic E-state index is 5.06. The van der Waals surface area contributed by atoms with Gasteiger partial charge in [-0.3, -0.25) is 0 Å². The van der Waals surface area contributed by atoms with E-state index in [1.165, 1.54) is 24.8 Å². The van der Waals surface area contributed by atoms with Crippen LogP contribution in [0, 0.1) is 0 Å². The SMILES string of the molecule is CCCCC(Cc1ccc(OC)nc1)NCC. The zero-order chi connectivity index (χ0) is 12.5. The van der Waals surface area contributed by atoms with Gasteiger partial charge in [0, 0.05) is 18.3 Å². The maximum absolute atomic E-state index is 5.06. The highest BCUT2D eigenvalue weighted by Gasteiger charge is 2.08. The lowest BCUT2D eigenvalue weighted by atomic mass is 10.0. The molecule has 0 aromatic carbocycles. The van der Waals surface area contributed by atoms with Gasteiger partial charge in [0.1, 0.15) is 0 Å². The Labute approximate surface area is 105 Å². The summed E-state index contributed by atoms with van der Waals surface area (Å²) in [4.78, 5) is 4.24. The van der Waals surface area contributed by atoms with E-state index in [4.69, 9.17) is 4.74 Å². The van der Waals surface area contributed by atoms with Crippen LogP contribution in [0.4, 0.5) is 0 Å². The predicted molar refractivity (Wildman–Crippen MR) is 71.5 cm³/mol. The molecule has 1 atom stereocenters. The van der Waals surface area contributed by atoms with Crippen molar-refractivity contribution in [1.29, 1.82) is 0 Å². The number of unbranched alkanes of at least 4 members (excludes halogenated alkanes) is 1. The van der Waals surface area contributed by atoms with E-state index in [0.717, 1.165) is 13.0 Å². The van der Waals surface area contributed by atoms with Crippen LogP contribution in [-0.4, -0.2) is 24.7 Å². The van der Waals surface area contributed by atoms with Crippen molar-refractivity contribution in [1.82, 2.24) is 10.3 Å². The zero-order valence-corrected chi connectivity index (χ0v) is 11.2. The van der Waals surface area contributed by atoms with E-state index in [9.17, 15) is 0 Å². The topological polar surface area (TPSA) is 34.1 Å². The number of nitrogens with one attached hydrogen (secondary N) is 1. The first kappa shape index (κ1) is 14.0. The van der Waals surface area contributed by atoms with Crippen molar-refractivity contribution >= 4 is 0 Å². The van der Waals surface area contributed by atoms with Crippen LogP contribution in [0.1, 0.15) is 38.7 Å². The van der Waals surface area contributed by atoms with Gasteiger partial charge in [-0.1, -0.05) is 32.8 Å². The van der Waals surface area contributed by atoms with E-state index in [2.05, 4.69) is 30.2 Å². The fourth-order valence-electron chi connectivity index (χ4n) is 1.95. The number of rotatable bonds is 8. The number of hydrogen-bond acceptors (Lipinski definition) is 3. The van der Waals surface area contributed by atoms with Crippen molar-refractivity contribution in [3.8, 4) is 5.88 Å². The molecule has 17 heavy (non-hydrogen) atoms. The van der Waals surface area contributed by atoms with Gasteiger partial charge in [-0.25, -0.2) is 4.98 Å². The number of pyridine rings is 1. The van der Waals surface area contributed by atoms with Crippen molar-refractivity contribution in [3.05, 3.63) is 23.9 Å². The number of hydrogen-bond donors (Lipinski definition) is 1. The molecule has 1 unspecified atom stereocenters. The molecule has 1 heterocycles. The van der Waals surface area contributed by atoms with Crippen LogP contribution in [0.25, 0.3) is 0 Å². The van der Waals surface area contributed by atoms with Gasteiger partial charge in [0.05, 0.1) is 7.11 Å². The van der Waals surface area contributed by atoms with E-state index in [1.54, 1.807) is 7.11 Å². The maximum Gasteiger partial charge on any atom is 0.212 e. The van der Waals surface area contributed by atoms with Gasteiger partial charge in [0.15, 0.2) is 0 Å². The predicted octanol–water partition coefficient (Wildman–Crippen LogP) is 2.80. The molecule has 1 rings (SSSR count). The molecule has 0 aliphatic rings. The lowest BCUT2D eigenvalue weighted by Crippen LogP contribution is -2.30. The summed E-state index contributed by atoms with van der Waals surface area (Å²) in [6.45, 7) is 5.42. The molecule has 0 radical (unpaired) electrons. The zero-order valence-electron chi connectivity index (χ0n) is 11.2. The molecule has 1 N–H and O–H groups in total. The minimum atomic E-state index is 0.565. The molecule has 1 aromatic rings. The summed E-state index contributed by atoms with van der Waals surface area (Å²) < 4.78 is 5.06. The molecule has 3 nitrogen and oxygen atoms in total. The van der Waals surface area contributed by atoms with E-state index in [0.29, 0.717) is 11.9 Å². The summed E-state index contributed by atoms with van der Waals surface area (Å²) in [7, 11) is 1.64. The molecule has 0 saturated carbocycles. The van der Waals surface area contributed by atoms with Crippen LogP contribution in [-0.2, 0) is 6.42 Å². The molecule has 96 valence electrons. The molecular formula is C14H24N2O. The fourth-order valence-corrected chi connectivity index (χ4v) is 1.95. The van der Waals surface area contributed by atoms with Gasteiger partial charge in [-0.15, -0.1) is 0 Å². The van der Waals surface area contributed by atoms with Gasteiger partial charge < -0.3 is 10.1 Å². The Balaban J connectivity index is 2.51. The Morgan fingerprint density at radius 2 is 2.18 bits per heavy atom. The van der Waals surface area contributed by atoms with Crippen LogP contribution < -0.4 is 10.1 Å². The molecule has 3 heteroatoms. The van der Waals surface area contributed by atoms with E-state index >= 15 is 0 Å². The largest absolute Gasteiger partial charge is 0.481 e. The third kappa shape index (κ3) is 5.18. The highest BCUT2D eigenvalue weighted by atomic mass is 16.5. The second-order valence-corrected chi connectivity index (χ2v) is 4.31. The normalized spacial score (nSPS) is 12.4. The summed E-state index contributed by atoms with van der Waals surface area (Å²) in [6.07, 6.45) is 6.72. The second-order valence-electron chi connectivity index (χ2n) is 4.31. The molecule has 0 bridgehead atoms. The second kappa shape index (κ2) is 8.07. The minimum Gasteiger partial charge on any atom is -0.481 e. The Hall–Kier alpha value is -1.09. The molecular weight excluding hydrogens is 212 g/mol. The molecule has 0 spiro atoms. The van der Waals surface area contributed by atoms with Gasteiger partial charge in [-0.2, -0.15) is 0 Å². The molecule has 0 amide bonds. The van der Waals surface area contributed by atoms with Gasteiger partial charge in [0.2, 0.25) is 5.88 Å². The Morgan fingerprint density at radius 1 is 1.35 bits per heavy atom. The number of ether oxygens (including phenoxy) is 1. The van der Waals surface area contributed by atoms with Crippen molar-refractivity contribution in [2.75, 3.05) is 13.7 Å². The number of nitrogens with zero attached hydrogens (tertiary/aromatic N) is 1. The third-order valence-electron chi connectivity index (χ3n) is 2.89. The van der Waals surface area contributed by atoms with Gasteiger partial charge in [-0.05, 0) is 24.9 Å². The summed E-state index contributed by atoms with van der Waals surface area (Å²) in [6, 6.07) is 4.59. The quantitative estimate of drug-likeness (QED) is 0.753. The highest BCUT2D eigenvalue weighted by Crippen LogP contribution is 2.11. The third-order valence-corrected chi connectivity index (χ3v) is 2.89. The molecule has 0 fully saturated rings. The molecule has 1 aromatic heterocycles. The first-order chi connectivity index (χ1) is 8.30. The summed E-state index contributed by atoms with van der Waals surface area (Å²) in [5.74, 6) is 0.683. The van der Waals surface area contributed by atoms with E-state index < -0.39 is 0 Å². The van der Waals surface area contributed by atoms with Gasteiger partial charge >= 0.3 is 0 Å². The van der Waals surface area contributed by atoms with Crippen LogP contribution in [0.5, 0.6) is 5.88 Å². The van der Waals surface area contributed by atoms with Crippen LogP contribution in [0.15, 0.2) is 18.3 Å². The van der Waals surface area contributed by atoms with Crippen LogP contribution >= 0.6 is 0 Å². The lowest BCUT2D eigenvalue weighted by Gasteiger charge is -2.17. The fraction of sp³-hybridized carbons (Fsp3) is 0.643.